The van der Waals surface area contributed by atoms with Crippen LogP contribution < -0.4 is 4.74 Å². The van der Waals surface area contributed by atoms with Crippen LogP contribution in [0, 0.1) is 6.85 Å². The van der Waals surface area contributed by atoms with E-state index in [4.69, 9.17) is 13.0 Å². The molecule has 3 heterocycles. The zero-order chi connectivity index (χ0) is 23.2. The summed E-state index contributed by atoms with van der Waals surface area (Å²) >= 11 is 0. The Labute approximate surface area is 161 Å². The van der Waals surface area contributed by atoms with Crippen LogP contribution in [0.2, 0.25) is 0 Å². The number of methoxy groups -OCH3 is 1. The van der Waals surface area contributed by atoms with Crippen LogP contribution in [0.4, 0.5) is 0 Å². The van der Waals surface area contributed by atoms with Gasteiger partial charge in [-0.25, -0.2) is 4.98 Å². The Hall–Kier alpha value is -2.93. The van der Waals surface area contributed by atoms with Gasteiger partial charge in [-0.05, 0) is 43.2 Å². The van der Waals surface area contributed by atoms with Crippen LogP contribution in [-0.2, 0) is 16.6 Å². The van der Waals surface area contributed by atoms with E-state index in [1.807, 2.05) is 0 Å². The fourth-order valence-corrected chi connectivity index (χ4v) is 3.49. The summed E-state index contributed by atoms with van der Waals surface area (Å²) in [6, 6.07) is 4.46. The number of H-pyrrole nitrogens is 1. The Bertz CT molecular complexity index is 1330. The minimum atomic E-state index is -2.53. The maximum Gasteiger partial charge on any atom is 0.197 e. The van der Waals surface area contributed by atoms with E-state index in [-0.39, 0.29) is 62.8 Å². The van der Waals surface area contributed by atoms with Crippen molar-refractivity contribution in [1.29, 1.82) is 0 Å². The number of fused-ring (bicyclic) bond motifs is 1. The van der Waals surface area contributed by atoms with Crippen LogP contribution in [-0.4, -0.2) is 30.8 Å². The van der Waals surface area contributed by atoms with E-state index in [0.29, 0.717) is 0 Å². The number of aromatic nitrogens is 4. The van der Waals surface area contributed by atoms with Gasteiger partial charge in [-0.2, -0.15) is 0 Å². The average molecular weight is 372 g/mol. The van der Waals surface area contributed by atoms with Crippen molar-refractivity contribution in [3.63, 3.8) is 0 Å². The maximum atomic E-state index is 13.1. The molecular weight excluding hydrogens is 348 g/mol. The summed E-state index contributed by atoms with van der Waals surface area (Å²) in [4.78, 5) is 11.1. The molecule has 1 atom stereocenters. The Morgan fingerprint density at radius 3 is 3.00 bits per heavy atom. The van der Waals surface area contributed by atoms with Gasteiger partial charge in [0.05, 0.1) is 44.5 Å². The van der Waals surface area contributed by atoms with E-state index in [0.717, 1.165) is 0 Å². The lowest BCUT2D eigenvalue weighted by atomic mass is 10.2. The molecule has 3 aromatic heterocycles. The first-order valence-electron chi connectivity index (χ1n) is 10.7. The molecule has 1 aromatic carbocycles. The highest BCUT2D eigenvalue weighted by atomic mass is 32.2. The summed E-state index contributed by atoms with van der Waals surface area (Å²) in [5.74, 6) is -0.141. The molecule has 0 bridgehead atoms. The predicted molar refractivity (Wildman–Crippen MR) is 101 cm³/mol. The van der Waals surface area contributed by atoms with E-state index in [1.54, 1.807) is 29.1 Å². The van der Waals surface area contributed by atoms with Crippen LogP contribution in [0.5, 0.6) is 5.75 Å². The Balaban J connectivity index is 1.79. The normalized spacial score (nSPS) is 16.2. The zero-order valence-corrected chi connectivity index (χ0v) is 14.6. The molecule has 0 radical (unpaired) electrons. The third kappa shape index (κ3) is 3.01. The Morgan fingerprint density at radius 2 is 2.23 bits per heavy atom. The number of rotatable bonds is 5. The fourth-order valence-electron chi connectivity index (χ4n) is 2.48. The van der Waals surface area contributed by atoms with Gasteiger partial charge < -0.3 is 14.3 Å². The first kappa shape index (κ1) is 10.9. The molecule has 0 saturated heterocycles. The van der Waals surface area contributed by atoms with Gasteiger partial charge in [0, 0.05) is 34.0 Å². The molecule has 0 aliphatic rings. The van der Waals surface area contributed by atoms with Crippen LogP contribution in [0.1, 0.15) is 19.5 Å². The van der Waals surface area contributed by atoms with Crippen molar-refractivity contribution >= 4 is 21.8 Å². The number of ether oxygens (including phenoxy) is 1. The number of imidazole rings is 1. The van der Waals surface area contributed by atoms with Gasteiger partial charge in [0.2, 0.25) is 0 Å². The average Bonchev–Trinajstić information content (AvgIpc) is 3.42. The summed E-state index contributed by atoms with van der Waals surface area (Å²) < 4.78 is 68.2. The van der Waals surface area contributed by atoms with Crippen LogP contribution >= 0.6 is 0 Å². The van der Waals surface area contributed by atoms with Gasteiger partial charge in [0.1, 0.15) is 5.75 Å². The van der Waals surface area contributed by atoms with E-state index < -0.39 is 17.7 Å². The van der Waals surface area contributed by atoms with Gasteiger partial charge in [0.25, 0.3) is 0 Å². The van der Waals surface area contributed by atoms with Crippen molar-refractivity contribution < 1.29 is 17.2 Å². The third-order valence-electron chi connectivity index (χ3n) is 3.78. The summed E-state index contributed by atoms with van der Waals surface area (Å²) in [6.07, 6.45) is 4.70. The second-order valence-corrected chi connectivity index (χ2v) is 6.77. The van der Waals surface area contributed by atoms with E-state index in [1.165, 1.54) is 19.4 Å². The highest BCUT2D eigenvalue weighted by Crippen LogP contribution is 2.22. The third-order valence-corrected chi connectivity index (χ3v) is 4.94. The molecule has 0 aliphatic carbocycles. The molecule has 0 saturated carbocycles. The first-order chi connectivity index (χ1) is 15.1. The number of benzene rings is 1. The molecule has 1 unspecified atom stereocenters. The monoisotopic (exact) mass is 372 g/mol. The van der Waals surface area contributed by atoms with Crippen molar-refractivity contribution in [2.45, 2.75) is 17.8 Å². The van der Waals surface area contributed by atoms with Gasteiger partial charge >= 0.3 is 0 Å². The van der Waals surface area contributed by atoms with Gasteiger partial charge in [-0.15, -0.1) is 0 Å². The molecule has 0 amide bonds. The van der Waals surface area contributed by atoms with Crippen LogP contribution in [0.3, 0.4) is 0 Å². The molecule has 0 spiro atoms. The van der Waals surface area contributed by atoms with Crippen molar-refractivity contribution in [2.24, 2.45) is 0 Å². The smallest absolute Gasteiger partial charge is 0.197 e. The Kier molecular flexibility index (Phi) is 2.84. The molecule has 0 aliphatic heterocycles. The molecule has 26 heavy (non-hydrogen) atoms. The lowest BCUT2D eigenvalue weighted by Gasteiger charge is -2.08. The van der Waals surface area contributed by atoms with Gasteiger partial charge in [-0.3, -0.25) is 9.19 Å². The zero-order valence-electron chi connectivity index (χ0n) is 19.7. The van der Waals surface area contributed by atoms with Crippen molar-refractivity contribution in [1.82, 2.24) is 19.5 Å². The molecule has 4 rings (SSSR count). The van der Waals surface area contributed by atoms with Crippen molar-refractivity contribution in [3.05, 3.63) is 66.2 Å². The summed E-state index contributed by atoms with van der Waals surface area (Å²) in [6.45, 7) is -2.53. The number of hydrogen-bond donors (Lipinski definition) is 1. The highest BCUT2D eigenvalue weighted by Gasteiger charge is 2.15. The van der Waals surface area contributed by atoms with E-state index in [9.17, 15) is 4.21 Å². The van der Waals surface area contributed by atoms with Gasteiger partial charge in [-0.1, -0.05) is 0 Å². The van der Waals surface area contributed by atoms with Crippen molar-refractivity contribution in [2.75, 3.05) is 7.11 Å². The van der Waals surface area contributed by atoms with Crippen LogP contribution in [0.15, 0.2) is 60.1 Å². The van der Waals surface area contributed by atoms with Crippen LogP contribution in [0.25, 0.3) is 16.7 Å². The molecular formula is C19H18N4O2S. The summed E-state index contributed by atoms with van der Waals surface area (Å²) in [5, 5.41) is -0.0350. The topological polar surface area (TPSA) is 72.8 Å². The predicted octanol–water partition coefficient (Wildman–Crippen LogP) is 3.37. The maximum absolute atomic E-state index is 13.1. The molecule has 132 valence electrons. The second kappa shape index (κ2) is 6.76. The molecule has 6 nitrogen and oxygen atoms in total. The number of hydrogen-bond acceptors (Lipinski definition) is 4. The minimum Gasteiger partial charge on any atom is -0.496 e. The lowest BCUT2D eigenvalue weighted by Crippen LogP contribution is -2.03. The SMILES string of the molecule is [2H]c1c(-n2cccc2)c([2H])c2[nH]c(S(=O)Cc3nccc(OC)c3C([2H])([2H])[2H])nc2c1[2H]. The molecule has 7 heteroatoms. The summed E-state index contributed by atoms with van der Waals surface area (Å²) in [5.41, 5.74) is 0.376. The standard InChI is InChI=1S/C19H18N4O2S/c1-13-17(20-8-7-18(13)25-2)12-26(24)19-21-15-6-5-14(11-16(15)22-19)23-9-3-4-10-23/h3-11H,12H2,1-2H3,(H,21,22)/i1D3,5D,6D,11D. The largest absolute Gasteiger partial charge is 0.496 e. The molecule has 4 aromatic rings. The number of pyridine rings is 1. The second-order valence-electron chi connectivity index (χ2n) is 5.40. The minimum absolute atomic E-state index is 0.0350. The van der Waals surface area contributed by atoms with Crippen molar-refractivity contribution in [3.8, 4) is 11.4 Å². The number of nitrogens with zero attached hydrogens (tertiary/aromatic N) is 3. The summed E-state index contributed by atoms with van der Waals surface area (Å²) in [7, 11) is -0.514. The lowest BCUT2D eigenvalue weighted by molar-refractivity contribution is 0.410. The number of nitrogens with one attached hydrogen (secondary N) is 1. The molecule has 0 fully saturated rings. The first-order valence-corrected chi connectivity index (χ1v) is 8.99. The Morgan fingerprint density at radius 1 is 1.38 bits per heavy atom. The number of aromatic amines is 1. The molecule has 1 N–H and O–H groups in total. The van der Waals surface area contributed by atoms with E-state index in [2.05, 4.69) is 15.0 Å². The van der Waals surface area contributed by atoms with Gasteiger partial charge in [0.15, 0.2) is 5.16 Å². The quantitative estimate of drug-likeness (QED) is 0.583. The highest BCUT2D eigenvalue weighted by molar-refractivity contribution is 7.84. The van der Waals surface area contributed by atoms with E-state index >= 15 is 0 Å². The fraction of sp³-hybridized carbons (Fsp3) is 0.158.